The maximum absolute atomic E-state index is 11.6. The second-order valence-electron chi connectivity index (χ2n) is 8.07. The van der Waals surface area contributed by atoms with Crippen molar-refractivity contribution in [3.05, 3.63) is 47.7 Å². The van der Waals surface area contributed by atoms with Gasteiger partial charge >= 0.3 is 5.97 Å². The number of methoxy groups -OCH3 is 2. The second-order valence-corrected chi connectivity index (χ2v) is 12.8. The highest BCUT2D eigenvalue weighted by atomic mass is 28.4. The fourth-order valence-corrected chi connectivity index (χ4v) is 3.77. The van der Waals surface area contributed by atoms with Crippen molar-refractivity contribution in [3.63, 3.8) is 0 Å². The van der Waals surface area contributed by atoms with Crippen LogP contribution in [0.5, 0.6) is 0 Å². The molecule has 0 radical (unpaired) electrons. The smallest absolute Gasteiger partial charge is 0.333 e. The first-order valence-corrected chi connectivity index (χ1v) is 12.0. The number of carbonyl (C=O) groups is 1. The van der Waals surface area contributed by atoms with Crippen molar-refractivity contribution in [1.29, 1.82) is 0 Å². The molecule has 1 rings (SSSR count). The predicted octanol–water partition coefficient (Wildman–Crippen LogP) is 5.10. The highest BCUT2D eigenvalue weighted by Crippen LogP contribution is 2.38. The molecule has 1 aromatic rings. The predicted molar refractivity (Wildman–Crippen MR) is 109 cm³/mol. The van der Waals surface area contributed by atoms with Gasteiger partial charge in [0, 0.05) is 6.42 Å². The molecule has 0 saturated heterocycles. The molecule has 1 atom stereocenters. The summed E-state index contributed by atoms with van der Waals surface area (Å²) in [6.45, 7) is 11.2. The lowest BCUT2D eigenvalue weighted by Crippen LogP contribution is -2.44. The van der Waals surface area contributed by atoms with Gasteiger partial charge in [0.1, 0.15) is 5.76 Å². The molecular weight excluding hydrogens is 344 g/mol. The first-order valence-electron chi connectivity index (χ1n) is 9.13. The molecular formula is C21H34O4Si. The Bertz CT molecular complexity index is 588. The van der Waals surface area contributed by atoms with Crippen LogP contribution >= 0.6 is 0 Å². The van der Waals surface area contributed by atoms with Gasteiger partial charge in [-0.3, -0.25) is 0 Å². The summed E-state index contributed by atoms with van der Waals surface area (Å²) in [4.78, 5) is 11.6. The maximum Gasteiger partial charge on any atom is 0.333 e. The largest absolute Gasteiger partial charge is 0.501 e. The number of aryl methyl sites for hydroxylation is 1. The van der Waals surface area contributed by atoms with Crippen molar-refractivity contribution in [2.24, 2.45) is 0 Å². The van der Waals surface area contributed by atoms with Crippen LogP contribution in [0.4, 0.5) is 0 Å². The van der Waals surface area contributed by atoms with Gasteiger partial charge in [0.2, 0.25) is 0 Å². The standard InChI is InChI=1S/C21H34O4Si/c1-21(2,3)26(6,7)25-18(14-13-17-11-9-8-10-12-17)15-19(23-4)16-20(22)24-5/h8-12,16,18H,13-15H2,1-7H3/b19-16+. The fourth-order valence-electron chi connectivity index (χ4n) is 2.38. The van der Waals surface area contributed by atoms with E-state index in [-0.39, 0.29) is 11.1 Å². The Kier molecular flexibility index (Phi) is 8.57. The molecule has 0 N–H and O–H groups in total. The number of ether oxygens (including phenoxy) is 2. The van der Waals surface area contributed by atoms with Crippen LogP contribution in [0, 0.1) is 0 Å². The van der Waals surface area contributed by atoms with E-state index in [9.17, 15) is 4.79 Å². The van der Waals surface area contributed by atoms with E-state index < -0.39 is 14.3 Å². The van der Waals surface area contributed by atoms with E-state index in [0.29, 0.717) is 12.2 Å². The molecule has 0 aliphatic carbocycles. The molecule has 0 aromatic heterocycles. The summed E-state index contributed by atoms with van der Waals surface area (Å²) in [7, 11) is 1.01. The van der Waals surface area contributed by atoms with Crippen LogP contribution in [0.15, 0.2) is 42.2 Å². The third-order valence-electron chi connectivity index (χ3n) is 5.04. The number of hydrogen-bond donors (Lipinski definition) is 0. The lowest BCUT2D eigenvalue weighted by molar-refractivity contribution is -0.135. The van der Waals surface area contributed by atoms with Gasteiger partial charge in [0.05, 0.1) is 26.4 Å². The van der Waals surface area contributed by atoms with Crippen molar-refractivity contribution < 1.29 is 18.7 Å². The van der Waals surface area contributed by atoms with Crippen molar-refractivity contribution >= 4 is 14.3 Å². The Hall–Kier alpha value is -1.59. The molecule has 0 fully saturated rings. The molecule has 0 amide bonds. The van der Waals surface area contributed by atoms with Crippen molar-refractivity contribution in [2.75, 3.05) is 14.2 Å². The minimum atomic E-state index is -1.93. The first kappa shape index (κ1) is 22.4. The maximum atomic E-state index is 11.6. The van der Waals surface area contributed by atoms with Crippen LogP contribution in [0.3, 0.4) is 0 Å². The molecule has 0 heterocycles. The normalized spacial score (nSPS) is 14.0. The summed E-state index contributed by atoms with van der Waals surface area (Å²) in [5.74, 6) is 0.185. The van der Waals surface area contributed by atoms with E-state index in [0.717, 1.165) is 12.8 Å². The minimum absolute atomic E-state index is 0.00745. The van der Waals surface area contributed by atoms with E-state index in [1.807, 2.05) is 6.07 Å². The highest BCUT2D eigenvalue weighted by Gasteiger charge is 2.39. The molecule has 146 valence electrons. The van der Waals surface area contributed by atoms with Crippen molar-refractivity contribution in [3.8, 4) is 0 Å². The average molecular weight is 379 g/mol. The van der Waals surface area contributed by atoms with Crippen LogP contribution in [0.1, 0.15) is 39.2 Å². The molecule has 0 bridgehead atoms. The first-order chi connectivity index (χ1) is 12.1. The summed E-state index contributed by atoms with van der Waals surface area (Å²) >= 11 is 0. The number of esters is 1. The summed E-state index contributed by atoms with van der Waals surface area (Å²) in [6, 6.07) is 10.4. The van der Waals surface area contributed by atoms with Gasteiger partial charge < -0.3 is 13.9 Å². The van der Waals surface area contributed by atoms with Crippen LogP contribution < -0.4 is 0 Å². The molecule has 0 spiro atoms. The molecule has 1 aromatic carbocycles. The summed E-state index contributed by atoms with van der Waals surface area (Å²) in [5.41, 5.74) is 1.28. The van der Waals surface area contributed by atoms with Gasteiger partial charge in [-0.05, 0) is 36.5 Å². The van der Waals surface area contributed by atoms with E-state index in [1.54, 1.807) is 7.11 Å². The van der Waals surface area contributed by atoms with Crippen LogP contribution in [0.2, 0.25) is 18.1 Å². The Morgan fingerprint density at radius 2 is 1.73 bits per heavy atom. The van der Waals surface area contributed by atoms with Crippen LogP contribution in [-0.2, 0) is 25.1 Å². The minimum Gasteiger partial charge on any atom is -0.501 e. The zero-order chi connectivity index (χ0) is 19.8. The van der Waals surface area contributed by atoms with Gasteiger partial charge in [0.25, 0.3) is 0 Å². The molecule has 0 saturated carbocycles. The van der Waals surface area contributed by atoms with E-state index in [4.69, 9.17) is 13.9 Å². The van der Waals surface area contributed by atoms with Crippen LogP contribution in [0.25, 0.3) is 0 Å². The summed E-state index contributed by atoms with van der Waals surface area (Å²) in [5, 5.41) is 0.122. The topological polar surface area (TPSA) is 44.8 Å². The van der Waals surface area contributed by atoms with Gasteiger partial charge in [0.15, 0.2) is 8.32 Å². The van der Waals surface area contributed by atoms with Gasteiger partial charge in [-0.1, -0.05) is 51.1 Å². The lowest BCUT2D eigenvalue weighted by Gasteiger charge is -2.39. The van der Waals surface area contributed by atoms with Gasteiger partial charge in [-0.2, -0.15) is 0 Å². The van der Waals surface area contributed by atoms with Crippen molar-refractivity contribution in [2.45, 2.75) is 64.3 Å². The second kappa shape index (κ2) is 9.93. The van der Waals surface area contributed by atoms with Crippen molar-refractivity contribution in [1.82, 2.24) is 0 Å². The molecule has 4 nitrogen and oxygen atoms in total. The Labute approximate surface area is 159 Å². The molecule has 1 unspecified atom stereocenters. The third kappa shape index (κ3) is 7.34. The van der Waals surface area contributed by atoms with E-state index in [2.05, 4.69) is 58.1 Å². The van der Waals surface area contributed by atoms with Crippen LogP contribution in [-0.4, -0.2) is 34.6 Å². The van der Waals surface area contributed by atoms with Gasteiger partial charge in [-0.15, -0.1) is 0 Å². The van der Waals surface area contributed by atoms with E-state index in [1.165, 1.54) is 18.7 Å². The lowest BCUT2D eigenvalue weighted by atomic mass is 10.0. The fraction of sp³-hybridized carbons (Fsp3) is 0.571. The number of hydrogen-bond acceptors (Lipinski definition) is 4. The third-order valence-corrected chi connectivity index (χ3v) is 9.57. The highest BCUT2D eigenvalue weighted by molar-refractivity contribution is 6.74. The zero-order valence-electron chi connectivity index (χ0n) is 17.3. The Balaban J connectivity index is 2.93. The Morgan fingerprint density at radius 3 is 2.23 bits per heavy atom. The average Bonchev–Trinajstić information content (AvgIpc) is 2.58. The SMILES string of the molecule is COC(=O)/C=C(\CC(CCc1ccccc1)O[Si](C)(C)C(C)(C)C)OC. The Morgan fingerprint density at radius 1 is 1.12 bits per heavy atom. The molecule has 0 aliphatic rings. The number of rotatable bonds is 9. The van der Waals surface area contributed by atoms with E-state index >= 15 is 0 Å². The summed E-state index contributed by atoms with van der Waals surface area (Å²) in [6.07, 6.45) is 3.76. The molecule has 26 heavy (non-hydrogen) atoms. The summed E-state index contributed by atoms with van der Waals surface area (Å²) < 4.78 is 16.8. The monoisotopic (exact) mass is 378 g/mol. The molecule has 5 heteroatoms. The van der Waals surface area contributed by atoms with Gasteiger partial charge in [-0.25, -0.2) is 4.79 Å². The molecule has 0 aliphatic heterocycles. The number of benzene rings is 1. The number of carbonyl (C=O) groups excluding carboxylic acids is 1. The zero-order valence-corrected chi connectivity index (χ0v) is 18.3. The quantitative estimate of drug-likeness (QED) is 0.259.